The molecule has 0 fully saturated rings. The summed E-state index contributed by atoms with van der Waals surface area (Å²) in [4.78, 5) is 24.6. The van der Waals surface area contributed by atoms with Gasteiger partial charge in [0, 0.05) is 25.1 Å². The second-order valence-corrected chi connectivity index (χ2v) is 4.97. The van der Waals surface area contributed by atoms with Gasteiger partial charge in [0.15, 0.2) is 0 Å². The molecule has 0 aliphatic carbocycles. The van der Waals surface area contributed by atoms with Gasteiger partial charge >= 0.3 is 5.97 Å². The van der Waals surface area contributed by atoms with E-state index in [1.807, 2.05) is 13.8 Å². The molecule has 0 atom stereocenters. The number of benzene rings is 1. The molecule has 0 saturated carbocycles. The van der Waals surface area contributed by atoms with Crippen molar-refractivity contribution in [2.24, 2.45) is 0 Å². The highest BCUT2D eigenvalue weighted by atomic mass is 16.5. The van der Waals surface area contributed by atoms with Gasteiger partial charge in [0.1, 0.15) is 11.5 Å². The first-order valence-corrected chi connectivity index (χ1v) is 6.76. The van der Waals surface area contributed by atoms with Crippen molar-refractivity contribution in [1.29, 1.82) is 0 Å². The molecule has 2 N–H and O–H groups in total. The number of ether oxygens (including phenoxy) is 1. The predicted octanol–water partition coefficient (Wildman–Crippen LogP) is 2.12. The summed E-state index contributed by atoms with van der Waals surface area (Å²) < 4.78 is 4.98. The van der Waals surface area contributed by atoms with Crippen LogP contribution in [0, 0.1) is 0 Å². The van der Waals surface area contributed by atoms with Gasteiger partial charge in [-0.25, -0.2) is 0 Å². The van der Waals surface area contributed by atoms with Gasteiger partial charge in [-0.2, -0.15) is 0 Å². The lowest BCUT2D eigenvalue weighted by molar-refractivity contribution is -0.137. The van der Waals surface area contributed by atoms with Crippen LogP contribution in [0.3, 0.4) is 0 Å². The molecular formula is C15H21NO5. The zero-order valence-electron chi connectivity index (χ0n) is 12.5. The first kappa shape index (κ1) is 16.8. The van der Waals surface area contributed by atoms with Gasteiger partial charge in [0.25, 0.3) is 5.91 Å². The minimum Gasteiger partial charge on any atom is -0.507 e. The molecule has 0 aliphatic rings. The third-order valence-electron chi connectivity index (χ3n) is 3.11. The number of hydrogen-bond donors (Lipinski definition) is 2. The lowest BCUT2D eigenvalue weighted by Gasteiger charge is -2.27. The van der Waals surface area contributed by atoms with E-state index < -0.39 is 5.97 Å². The molecule has 1 rings (SSSR count). The van der Waals surface area contributed by atoms with Crippen molar-refractivity contribution >= 4 is 11.9 Å². The molecule has 0 radical (unpaired) electrons. The molecule has 6 heteroatoms. The Kier molecular flexibility index (Phi) is 6.02. The molecule has 21 heavy (non-hydrogen) atoms. The van der Waals surface area contributed by atoms with Crippen molar-refractivity contribution in [1.82, 2.24) is 4.90 Å². The average Bonchev–Trinajstić information content (AvgIpc) is 2.42. The highest BCUT2D eigenvalue weighted by Crippen LogP contribution is 2.25. The molecule has 0 spiro atoms. The average molecular weight is 295 g/mol. The Morgan fingerprint density at radius 1 is 1.33 bits per heavy atom. The molecule has 0 bridgehead atoms. The van der Waals surface area contributed by atoms with E-state index in [2.05, 4.69) is 0 Å². The molecule has 6 nitrogen and oxygen atoms in total. The van der Waals surface area contributed by atoms with E-state index in [0.29, 0.717) is 18.7 Å². The molecular weight excluding hydrogens is 274 g/mol. The molecule has 1 aromatic carbocycles. The quantitative estimate of drug-likeness (QED) is 0.804. The molecule has 0 aliphatic heterocycles. The topological polar surface area (TPSA) is 87.1 Å². The van der Waals surface area contributed by atoms with E-state index in [4.69, 9.17) is 9.84 Å². The van der Waals surface area contributed by atoms with Crippen LogP contribution in [0.25, 0.3) is 0 Å². The van der Waals surface area contributed by atoms with Crippen LogP contribution in [0.4, 0.5) is 0 Å². The minimum atomic E-state index is -0.890. The fourth-order valence-corrected chi connectivity index (χ4v) is 1.97. The van der Waals surface area contributed by atoms with Crippen LogP contribution in [-0.4, -0.2) is 46.7 Å². The molecule has 1 aromatic rings. The van der Waals surface area contributed by atoms with Crippen LogP contribution >= 0.6 is 0 Å². The zero-order chi connectivity index (χ0) is 16.0. The van der Waals surface area contributed by atoms with Crippen molar-refractivity contribution in [3.63, 3.8) is 0 Å². The van der Waals surface area contributed by atoms with Gasteiger partial charge in [-0.1, -0.05) is 0 Å². The third-order valence-corrected chi connectivity index (χ3v) is 3.11. The van der Waals surface area contributed by atoms with Crippen LogP contribution in [0.5, 0.6) is 11.5 Å². The summed E-state index contributed by atoms with van der Waals surface area (Å²) in [5.74, 6) is -0.900. The maximum absolute atomic E-state index is 12.5. The number of aromatic hydroxyl groups is 1. The Labute approximate surface area is 124 Å². The van der Waals surface area contributed by atoms with E-state index in [9.17, 15) is 14.7 Å². The number of carbonyl (C=O) groups excluding carboxylic acids is 1. The maximum atomic E-state index is 12.5. The first-order valence-electron chi connectivity index (χ1n) is 6.76. The molecule has 0 aromatic heterocycles. The van der Waals surface area contributed by atoms with E-state index in [1.165, 1.54) is 19.2 Å². The first-order chi connectivity index (χ1) is 9.86. The largest absolute Gasteiger partial charge is 0.507 e. The van der Waals surface area contributed by atoms with Gasteiger partial charge in [0.05, 0.1) is 12.7 Å². The highest BCUT2D eigenvalue weighted by Gasteiger charge is 2.21. The number of carbonyl (C=O) groups is 2. The molecule has 116 valence electrons. The third kappa shape index (κ3) is 4.66. The number of phenolic OH excluding ortho intramolecular Hbond substituents is 1. The molecule has 1 amide bonds. The summed E-state index contributed by atoms with van der Waals surface area (Å²) in [5.41, 5.74) is 0.180. The van der Waals surface area contributed by atoms with E-state index in [-0.39, 0.29) is 29.7 Å². The summed E-state index contributed by atoms with van der Waals surface area (Å²) in [6, 6.07) is 4.39. The van der Waals surface area contributed by atoms with E-state index >= 15 is 0 Å². The monoisotopic (exact) mass is 295 g/mol. The van der Waals surface area contributed by atoms with Crippen LogP contribution in [-0.2, 0) is 4.79 Å². The lowest BCUT2D eigenvalue weighted by atomic mass is 10.1. The normalized spacial score (nSPS) is 10.5. The van der Waals surface area contributed by atoms with Crippen molar-refractivity contribution < 1.29 is 24.5 Å². The summed E-state index contributed by atoms with van der Waals surface area (Å²) in [5, 5.41) is 18.6. The molecule has 0 saturated heterocycles. The summed E-state index contributed by atoms with van der Waals surface area (Å²) in [6.45, 7) is 4.02. The fraction of sp³-hybridized carbons (Fsp3) is 0.467. The van der Waals surface area contributed by atoms with Crippen molar-refractivity contribution in [2.75, 3.05) is 13.7 Å². The summed E-state index contributed by atoms with van der Waals surface area (Å²) in [6.07, 6.45) is 0.376. The lowest BCUT2D eigenvalue weighted by Crippen LogP contribution is -2.38. The SMILES string of the molecule is COc1ccc(C(=O)N(CCCC(=O)O)C(C)C)c(O)c1. The number of amides is 1. The Bertz CT molecular complexity index is 513. The Morgan fingerprint density at radius 2 is 2.00 bits per heavy atom. The van der Waals surface area contributed by atoms with Gasteiger partial charge < -0.3 is 19.8 Å². The second-order valence-electron chi connectivity index (χ2n) is 4.97. The van der Waals surface area contributed by atoms with Gasteiger partial charge in [-0.15, -0.1) is 0 Å². The Hall–Kier alpha value is -2.24. The molecule has 0 unspecified atom stereocenters. The zero-order valence-corrected chi connectivity index (χ0v) is 12.5. The summed E-state index contributed by atoms with van der Waals surface area (Å²) >= 11 is 0. The second kappa shape index (κ2) is 7.52. The van der Waals surface area contributed by atoms with Crippen LogP contribution in [0.2, 0.25) is 0 Å². The van der Waals surface area contributed by atoms with Crippen molar-refractivity contribution in [3.8, 4) is 11.5 Å². The van der Waals surface area contributed by atoms with E-state index in [1.54, 1.807) is 11.0 Å². The number of carboxylic acid groups (broad SMARTS) is 1. The number of carboxylic acids is 1. The van der Waals surface area contributed by atoms with Gasteiger partial charge in [0.2, 0.25) is 0 Å². The highest BCUT2D eigenvalue weighted by molar-refractivity contribution is 5.97. The van der Waals surface area contributed by atoms with Gasteiger partial charge in [-0.05, 0) is 32.4 Å². The molecule has 0 heterocycles. The number of hydrogen-bond acceptors (Lipinski definition) is 4. The Morgan fingerprint density at radius 3 is 2.48 bits per heavy atom. The Balaban J connectivity index is 2.87. The number of rotatable bonds is 7. The van der Waals surface area contributed by atoms with Crippen LogP contribution in [0.1, 0.15) is 37.0 Å². The van der Waals surface area contributed by atoms with Crippen molar-refractivity contribution in [3.05, 3.63) is 23.8 Å². The smallest absolute Gasteiger partial charge is 0.303 e. The van der Waals surface area contributed by atoms with Crippen LogP contribution in [0.15, 0.2) is 18.2 Å². The number of methoxy groups -OCH3 is 1. The summed E-state index contributed by atoms with van der Waals surface area (Å²) in [7, 11) is 1.47. The number of nitrogens with zero attached hydrogens (tertiary/aromatic N) is 1. The number of phenols is 1. The predicted molar refractivity (Wildman–Crippen MR) is 77.7 cm³/mol. The van der Waals surface area contributed by atoms with Crippen LogP contribution < -0.4 is 4.74 Å². The van der Waals surface area contributed by atoms with Crippen molar-refractivity contribution in [2.45, 2.75) is 32.7 Å². The fourth-order valence-electron chi connectivity index (χ4n) is 1.97. The standard InChI is InChI=1S/C15H21NO5/c1-10(2)16(8-4-5-14(18)19)15(20)12-7-6-11(21-3)9-13(12)17/h6-7,9-10,17H,4-5,8H2,1-3H3,(H,18,19). The number of aliphatic carboxylic acids is 1. The van der Waals surface area contributed by atoms with E-state index in [0.717, 1.165) is 0 Å². The minimum absolute atomic E-state index is 0.00505. The van der Waals surface area contributed by atoms with Gasteiger partial charge in [-0.3, -0.25) is 9.59 Å². The maximum Gasteiger partial charge on any atom is 0.303 e.